The molecule has 1 fully saturated rings. The Morgan fingerprint density at radius 2 is 2.06 bits per heavy atom. The zero-order valence-electron chi connectivity index (χ0n) is 12.4. The summed E-state index contributed by atoms with van der Waals surface area (Å²) in [6.45, 7) is 12.5. The van der Waals surface area contributed by atoms with Crippen LogP contribution in [0.4, 0.5) is 0 Å². The van der Waals surface area contributed by atoms with Gasteiger partial charge < -0.3 is 15.4 Å². The van der Waals surface area contributed by atoms with E-state index < -0.39 is 0 Å². The Bertz CT molecular complexity index is 284. The highest BCUT2D eigenvalue weighted by Gasteiger charge is 2.29. The molecule has 1 amide bonds. The lowest BCUT2D eigenvalue weighted by molar-refractivity contribution is -0.141. The highest BCUT2D eigenvalue weighted by Crippen LogP contribution is 2.28. The first-order valence-electron chi connectivity index (χ1n) is 6.86. The van der Waals surface area contributed by atoms with E-state index >= 15 is 0 Å². The van der Waals surface area contributed by atoms with Crippen LogP contribution in [0.5, 0.6) is 0 Å². The van der Waals surface area contributed by atoms with Crippen LogP contribution in [-0.2, 0) is 9.53 Å². The van der Waals surface area contributed by atoms with Crippen molar-refractivity contribution in [1.82, 2.24) is 4.90 Å². The maximum absolute atomic E-state index is 12.3. The van der Waals surface area contributed by atoms with Crippen LogP contribution in [0.2, 0.25) is 0 Å². The Hall–Kier alpha value is -0.610. The van der Waals surface area contributed by atoms with Crippen molar-refractivity contribution in [1.29, 1.82) is 0 Å². The number of nitrogens with two attached hydrogens (primary N) is 1. The quantitative estimate of drug-likeness (QED) is 0.835. The Morgan fingerprint density at radius 1 is 1.44 bits per heavy atom. The lowest BCUT2D eigenvalue weighted by atomic mass is 9.80. The van der Waals surface area contributed by atoms with Crippen LogP contribution in [0.3, 0.4) is 0 Å². The average Bonchev–Trinajstić information content (AvgIpc) is 2.27. The van der Waals surface area contributed by atoms with Gasteiger partial charge in [-0.05, 0) is 18.3 Å². The highest BCUT2D eigenvalue weighted by molar-refractivity contribution is 5.76. The summed E-state index contributed by atoms with van der Waals surface area (Å²) in [5, 5.41) is 0. The van der Waals surface area contributed by atoms with Crippen molar-refractivity contribution in [2.24, 2.45) is 17.1 Å². The smallest absolute Gasteiger partial charge is 0.223 e. The fraction of sp³-hybridized carbons (Fsp3) is 0.929. The summed E-state index contributed by atoms with van der Waals surface area (Å²) in [4.78, 5) is 14.2. The molecule has 18 heavy (non-hydrogen) atoms. The fourth-order valence-corrected chi connectivity index (χ4v) is 1.92. The molecule has 0 aliphatic carbocycles. The van der Waals surface area contributed by atoms with Crippen LogP contribution in [0.25, 0.3) is 0 Å². The summed E-state index contributed by atoms with van der Waals surface area (Å²) in [6.07, 6.45) is 0.586. The van der Waals surface area contributed by atoms with Gasteiger partial charge in [0, 0.05) is 25.6 Å². The van der Waals surface area contributed by atoms with E-state index in [1.54, 1.807) is 0 Å². The molecular weight excluding hydrogens is 228 g/mol. The molecule has 1 aliphatic heterocycles. The molecule has 2 N–H and O–H groups in total. The van der Waals surface area contributed by atoms with Crippen LogP contribution in [0.15, 0.2) is 0 Å². The number of nitrogens with zero attached hydrogens (tertiary/aromatic N) is 1. The number of rotatable bonds is 3. The Labute approximate surface area is 111 Å². The number of carbonyl (C=O) groups is 1. The molecule has 3 atom stereocenters. The lowest BCUT2D eigenvalue weighted by Crippen LogP contribution is -2.51. The first-order chi connectivity index (χ1) is 8.21. The SMILES string of the molecule is CC(N)C1CN(C(=O)CC(C)C(C)(C)C)CCO1. The molecule has 0 saturated carbocycles. The second kappa shape index (κ2) is 6.02. The molecule has 4 nitrogen and oxygen atoms in total. The number of hydrogen-bond donors (Lipinski definition) is 1. The van der Waals surface area contributed by atoms with Gasteiger partial charge in [0.1, 0.15) is 0 Å². The predicted octanol–water partition coefficient (Wildman–Crippen LogP) is 1.63. The second-order valence-electron chi connectivity index (χ2n) is 6.58. The molecule has 4 heteroatoms. The van der Waals surface area contributed by atoms with Gasteiger partial charge >= 0.3 is 0 Å². The van der Waals surface area contributed by atoms with Gasteiger partial charge in [-0.2, -0.15) is 0 Å². The number of amides is 1. The molecule has 1 rings (SSSR count). The van der Waals surface area contributed by atoms with Gasteiger partial charge in [-0.25, -0.2) is 0 Å². The molecule has 106 valence electrons. The number of hydrogen-bond acceptors (Lipinski definition) is 3. The monoisotopic (exact) mass is 256 g/mol. The van der Waals surface area contributed by atoms with Crippen molar-refractivity contribution in [3.63, 3.8) is 0 Å². The average molecular weight is 256 g/mol. The third-order valence-electron chi connectivity index (χ3n) is 3.99. The molecule has 0 aromatic heterocycles. The Morgan fingerprint density at radius 3 is 2.56 bits per heavy atom. The van der Waals surface area contributed by atoms with E-state index in [0.717, 1.165) is 0 Å². The molecule has 1 saturated heterocycles. The van der Waals surface area contributed by atoms with Crippen molar-refractivity contribution in [2.45, 2.75) is 53.2 Å². The van der Waals surface area contributed by atoms with Crippen molar-refractivity contribution in [3.05, 3.63) is 0 Å². The zero-order chi connectivity index (χ0) is 13.9. The van der Waals surface area contributed by atoms with E-state index in [-0.39, 0.29) is 23.5 Å². The van der Waals surface area contributed by atoms with Crippen molar-refractivity contribution < 1.29 is 9.53 Å². The van der Waals surface area contributed by atoms with Crippen LogP contribution >= 0.6 is 0 Å². The van der Waals surface area contributed by atoms with Crippen LogP contribution in [0.1, 0.15) is 41.0 Å². The standard InChI is InChI=1S/C14H28N2O2/c1-10(14(3,4)5)8-13(17)16-6-7-18-12(9-16)11(2)15/h10-12H,6-9,15H2,1-5H3. The summed E-state index contributed by atoms with van der Waals surface area (Å²) in [5.74, 6) is 0.605. The van der Waals surface area contributed by atoms with E-state index in [0.29, 0.717) is 32.0 Å². The molecule has 0 radical (unpaired) electrons. The largest absolute Gasteiger partial charge is 0.373 e. The zero-order valence-corrected chi connectivity index (χ0v) is 12.4. The predicted molar refractivity (Wildman–Crippen MR) is 73.2 cm³/mol. The molecule has 0 bridgehead atoms. The Kier molecular flexibility index (Phi) is 5.17. The van der Waals surface area contributed by atoms with Crippen LogP contribution < -0.4 is 5.73 Å². The molecule has 1 heterocycles. The lowest BCUT2D eigenvalue weighted by Gasteiger charge is -2.36. The third kappa shape index (κ3) is 4.25. The van der Waals surface area contributed by atoms with Gasteiger partial charge in [-0.1, -0.05) is 27.7 Å². The minimum absolute atomic E-state index is 0.0207. The van der Waals surface area contributed by atoms with E-state index in [4.69, 9.17) is 10.5 Å². The summed E-state index contributed by atoms with van der Waals surface area (Å²) < 4.78 is 5.57. The molecular formula is C14H28N2O2. The van der Waals surface area contributed by atoms with Gasteiger partial charge in [-0.15, -0.1) is 0 Å². The van der Waals surface area contributed by atoms with Gasteiger partial charge in [-0.3, -0.25) is 4.79 Å². The van der Waals surface area contributed by atoms with Gasteiger partial charge in [0.2, 0.25) is 5.91 Å². The number of morpholine rings is 1. The first kappa shape index (κ1) is 15.4. The van der Waals surface area contributed by atoms with Gasteiger partial charge in [0.15, 0.2) is 0 Å². The highest BCUT2D eigenvalue weighted by atomic mass is 16.5. The van der Waals surface area contributed by atoms with Crippen molar-refractivity contribution >= 4 is 5.91 Å². The van der Waals surface area contributed by atoms with Crippen molar-refractivity contribution in [2.75, 3.05) is 19.7 Å². The maximum Gasteiger partial charge on any atom is 0.223 e. The summed E-state index contributed by atoms with van der Waals surface area (Å²) in [7, 11) is 0. The van der Waals surface area contributed by atoms with E-state index in [2.05, 4.69) is 27.7 Å². The van der Waals surface area contributed by atoms with Gasteiger partial charge in [0.25, 0.3) is 0 Å². The van der Waals surface area contributed by atoms with E-state index in [9.17, 15) is 4.79 Å². The normalized spacial score (nSPS) is 24.8. The summed E-state index contributed by atoms with van der Waals surface area (Å²) in [6, 6.07) is -0.0272. The van der Waals surface area contributed by atoms with E-state index in [1.165, 1.54) is 0 Å². The second-order valence-corrected chi connectivity index (χ2v) is 6.58. The molecule has 3 unspecified atom stereocenters. The van der Waals surface area contributed by atoms with E-state index in [1.807, 2.05) is 11.8 Å². The molecule has 0 spiro atoms. The molecule has 0 aromatic carbocycles. The first-order valence-corrected chi connectivity index (χ1v) is 6.86. The van der Waals surface area contributed by atoms with Gasteiger partial charge in [0.05, 0.1) is 12.7 Å². The molecule has 1 aliphatic rings. The summed E-state index contributed by atoms with van der Waals surface area (Å²) in [5.41, 5.74) is 6.01. The Balaban J connectivity index is 2.51. The van der Waals surface area contributed by atoms with Crippen molar-refractivity contribution in [3.8, 4) is 0 Å². The van der Waals surface area contributed by atoms with Crippen LogP contribution in [-0.4, -0.2) is 42.6 Å². The molecule has 0 aromatic rings. The minimum atomic E-state index is -0.0272. The summed E-state index contributed by atoms with van der Waals surface area (Å²) >= 11 is 0. The maximum atomic E-state index is 12.3. The number of carbonyl (C=O) groups excluding carboxylic acids is 1. The topological polar surface area (TPSA) is 55.6 Å². The number of ether oxygens (including phenoxy) is 1. The minimum Gasteiger partial charge on any atom is -0.373 e. The fourth-order valence-electron chi connectivity index (χ4n) is 1.92. The van der Waals surface area contributed by atoms with Crippen LogP contribution in [0, 0.1) is 11.3 Å². The third-order valence-corrected chi connectivity index (χ3v) is 3.99.